The molecule has 0 aliphatic carbocycles. The lowest BCUT2D eigenvalue weighted by atomic mass is 10.1. The van der Waals surface area contributed by atoms with Crippen LogP contribution in [0.2, 0.25) is 10.0 Å². The van der Waals surface area contributed by atoms with Gasteiger partial charge in [0.2, 0.25) is 5.88 Å². The van der Waals surface area contributed by atoms with E-state index in [2.05, 4.69) is 4.98 Å². The van der Waals surface area contributed by atoms with E-state index in [1.165, 1.54) is 6.07 Å². The van der Waals surface area contributed by atoms with E-state index in [0.717, 1.165) is 5.56 Å². The van der Waals surface area contributed by atoms with Crippen LogP contribution >= 0.6 is 23.2 Å². The predicted octanol–water partition coefficient (Wildman–Crippen LogP) is 3.30. The zero-order valence-electron chi connectivity index (χ0n) is 15.4. The average Bonchev–Trinajstić information content (AvgIpc) is 2.67. The normalized spacial score (nSPS) is 12.4. The molecule has 1 unspecified atom stereocenters. The van der Waals surface area contributed by atoms with Crippen LogP contribution in [0, 0.1) is 6.92 Å². The van der Waals surface area contributed by atoms with E-state index in [4.69, 9.17) is 33.0 Å². The average molecular weight is 423 g/mol. The number of rotatable bonds is 6. The Bertz CT molecular complexity index is 1060. The molecule has 0 aliphatic heterocycles. The summed E-state index contributed by atoms with van der Waals surface area (Å²) >= 11 is 12.9. The zero-order valence-corrected chi connectivity index (χ0v) is 17.0. The topological polar surface area (TPSA) is 84.6 Å². The molecule has 3 rings (SSSR count). The Balaban J connectivity index is 2.38. The van der Waals surface area contributed by atoms with Crippen molar-refractivity contribution in [2.45, 2.75) is 26.4 Å². The number of hydrogen-bond donors (Lipinski definition) is 2. The van der Waals surface area contributed by atoms with Gasteiger partial charge in [0.1, 0.15) is 18.1 Å². The van der Waals surface area contributed by atoms with Crippen molar-refractivity contribution >= 4 is 34.1 Å². The number of aliphatic hydroxyl groups excluding tert-OH is 2. The molecule has 8 heteroatoms. The first kappa shape index (κ1) is 20.6. The Morgan fingerprint density at radius 1 is 1.29 bits per heavy atom. The quantitative estimate of drug-likeness (QED) is 0.636. The van der Waals surface area contributed by atoms with Crippen LogP contribution in [0.1, 0.15) is 18.2 Å². The number of halogens is 2. The maximum Gasteiger partial charge on any atom is 0.227 e. The SMILES string of the molecule is CCc1cnc(OCC(O)CO)c2c(=O)cc(C)n(-c3c(Cl)cccc3Cl)c12. The third-order valence-corrected chi connectivity index (χ3v) is 5.03. The lowest BCUT2D eigenvalue weighted by Gasteiger charge is -2.20. The lowest BCUT2D eigenvalue weighted by Crippen LogP contribution is -2.23. The number of ether oxygens (including phenoxy) is 1. The van der Waals surface area contributed by atoms with Gasteiger partial charge in [-0.15, -0.1) is 0 Å². The summed E-state index contributed by atoms with van der Waals surface area (Å²) in [4.78, 5) is 17.1. The van der Waals surface area contributed by atoms with Crippen LogP contribution in [-0.4, -0.2) is 39.1 Å². The molecule has 6 nitrogen and oxygen atoms in total. The molecule has 28 heavy (non-hydrogen) atoms. The van der Waals surface area contributed by atoms with Crippen molar-refractivity contribution < 1.29 is 14.9 Å². The van der Waals surface area contributed by atoms with E-state index in [-0.39, 0.29) is 23.3 Å². The molecule has 0 saturated heterocycles. The third-order valence-electron chi connectivity index (χ3n) is 4.42. The summed E-state index contributed by atoms with van der Waals surface area (Å²) in [6.07, 6.45) is 1.17. The molecule has 148 valence electrons. The second-order valence-electron chi connectivity index (χ2n) is 6.37. The number of pyridine rings is 2. The monoisotopic (exact) mass is 422 g/mol. The molecule has 3 aromatic rings. The number of aromatic nitrogens is 2. The Labute approximate surface area is 171 Å². The Morgan fingerprint density at radius 2 is 1.96 bits per heavy atom. The summed E-state index contributed by atoms with van der Waals surface area (Å²) in [6, 6.07) is 6.68. The molecule has 0 radical (unpaired) electrons. The predicted molar refractivity (Wildman–Crippen MR) is 110 cm³/mol. The minimum Gasteiger partial charge on any atom is -0.474 e. The van der Waals surface area contributed by atoms with Crippen LogP contribution in [0.5, 0.6) is 5.88 Å². The third kappa shape index (κ3) is 3.73. The largest absolute Gasteiger partial charge is 0.474 e. The molecule has 0 spiro atoms. The maximum absolute atomic E-state index is 12.8. The van der Waals surface area contributed by atoms with Gasteiger partial charge in [0.25, 0.3) is 0 Å². The van der Waals surface area contributed by atoms with Gasteiger partial charge in [-0.1, -0.05) is 36.2 Å². The number of aryl methyl sites for hydroxylation is 2. The summed E-state index contributed by atoms with van der Waals surface area (Å²) in [6.45, 7) is 3.11. The zero-order chi connectivity index (χ0) is 20.4. The van der Waals surface area contributed by atoms with Crippen LogP contribution in [0.3, 0.4) is 0 Å². The van der Waals surface area contributed by atoms with E-state index in [9.17, 15) is 9.90 Å². The van der Waals surface area contributed by atoms with Crippen molar-refractivity contribution in [3.63, 3.8) is 0 Å². The van der Waals surface area contributed by atoms with E-state index >= 15 is 0 Å². The van der Waals surface area contributed by atoms with Crippen LogP contribution in [0.4, 0.5) is 0 Å². The Kier molecular flexibility index (Phi) is 6.25. The van der Waals surface area contributed by atoms with Crippen molar-refractivity contribution in [3.8, 4) is 11.6 Å². The molecule has 1 atom stereocenters. The fraction of sp³-hybridized carbons (Fsp3) is 0.300. The van der Waals surface area contributed by atoms with E-state index in [0.29, 0.717) is 33.4 Å². The first-order chi connectivity index (χ1) is 13.4. The van der Waals surface area contributed by atoms with E-state index in [1.54, 1.807) is 31.3 Å². The second kappa shape index (κ2) is 8.49. The highest BCUT2D eigenvalue weighted by Gasteiger charge is 2.20. The van der Waals surface area contributed by atoms with Gasteiger partial charge in [0.05, 0.1) is 27.9 Å². The molecule has 0 fully saturated rings. The van der Waals surface area contributed by atoms with Crippen LogP contribution in [-0.2, 0) is 6.42 Å². The first-order valence-electron chi connectivity index (χ1n) is 8.79. The molecule has 2 N–H and O–H groups in total. The number of hydrogen-bond acceptors (Lipinski definition) is 5. The van der Waals surface area contributed by atoms with Crippen molar-refractivity contribution in [1.82, 2.24) is 9.55 Å². The van der Waals surface area contributed by atoms with Crippen molar-refractivity contribution in [2.24, 2.45) is 0 Å². The van der Waals surface area contributed by atoms with Crippen LogP contribution in [0.15, 0.2) is 35.3 Å². The van der Waals surface area contributed by atoms with Gasteiger partial charge in [-0.3, -0.25) is 4.79 Å². The minimum atomic E-state index is -1.08. The fourth-order valence-electron chi connectivity index (χ4n) is 3.09. The van der Waals surface area contributed by atoms with Crippen molar-refractivity contribution in [3.05, 3.63) is 62.0 Å². The molecule has 2 aromatic heterocycles. The van der Waals surface area contributed by atoms with Gasteiger partial charge >= 0.3 is 0 Å². The van der Waals surface area contributed by atoms with Crippen LogP contribution in [0.25, 0.3) is 16.6 Å². The molecule has 0 bridgehead atoms. The maximum atomic E-state index is 12.8. The summed E-state index contributed by atoms with van der Waals surface area (Å²) < 4.78 is 7.37. The highest BCUT2D eigenvalue weighted by atomic mass is 35.5. The van der Waals surface area contributed by atoms with Gasteiger partial charge in [0.15, 0.2) is 5.43 Å². The minimum absolute atomic E-state index is 0.0848. The Morgan fingerprint density at radius 3 is 2.57 bits per heavy atom. The lowest BCUT2D eigenvalue weighted by molar-refractivity contribution is 0.0526. The summed E-state index contributed by atoms with van der Waals surface area (Å²) in [5.74, 6) is 0.0848. The molecule has 0 amide bonds. The van der Waals surface area contributed by atoms with Gasteiger partial charge in [-0.05, 0) is 31.0 Å². The molecular formula is C20H20Cl2N2O4. The standard InChI is InChI=1S/C20H20Cl2N2O4/c1-3-12-8-23-20(28-10-13(26)9-25)17-16(27)7-11(2)24(18(12)17)19-14(21)5-4-6-15(19)22/h4-8,13,25-26H,3,9-10H2,1-2H3. The molecule has 1 aromatic carbocycles. The number of nitrogens with zero attached hydrogens (tertiary/aromatic N) is 2. The second-order valence-corrected chi connectivity index (χ2v) is 7.18. The smallest absolute Gasteiger partial charge is 0.227 e. The number of fused-ring (bicyclic) bond motifs is 1. The molecular weight excluding hydrogens is 403 g/mol. The number of para-hydroxylation sites is 1. The molecule has 0 saturated carbocycles. The highest BCUT2D eigenvalue weighted by molar-refractivity contribution is 6.37. The summed E-state index contributed by atoms with van der Waals surface area (Å²) in [5, 5.41) is 19.8. The van der Waals surface area contributed by atoms with Crippen molar-refractivity contribution in [2.75, 3.05) is 13.2 Å². The first-order valence-corrected chi connectivity index (χ1v) is 9.55. The number of aliphatic hydroxyl groups is 2. The summed E-state index contributed by atoms with van der Waals surface area (Å²) in [5.41, 5.74) is 2.39. The van der Waals surface area contributed by atoms with Gasteiger partial charge in [-0.25, -0.2) is 4.98 Å². The molecule has 0 aliphatic rings. The van der Waals surface area contributed by atoms with Gasteiger partial charge in [-0.2, -0.15) is 0 Å². The highest BCUT2D eigenvalue weighted by Crippen LogP contribution is 2.34. The molecule has 2 heterocycles. The number of benzene rings is 1. The van der Waals surface area contributed by atoms with E-state index in [1.807, 2.05) is 11.5 Å². The Hall–Kier alpha value is -2.12. The van der Waals surface area contributed by atoms with Gasteiger partial charge in [0, 0.05) is 18.0 Å². The van der Waals surface area contributed by atoms with Crippen molar-refractivity contribution in [1.29, 1.82) is 0 Å². The fourth-order valence-corrected chi connectivity index (χ4v) is 3.66. The van der Waals surface area contributed by atoms with Crippen LogP contribution < -0.4 is 10.2 Å². The summed E-state index contributed by atoms with van der Waals surface area (Å²) in [7, 11) is 0. The van der Waals surface area contributed by atoms with E-state index < -0.39 is 12.7 Å². The van der Waals surface area contributed by atoms with Gasteiger partial charge < -0.3 is 19.5 Å².